The van der Waals surface area contributed by atoms with E-state index in [0.29, 0.717) is 18.9 Å². The molecule has 0 radical (unpaired) electrons. The average Bonchev–Trinajstić information content (AvgIpc) is 3.00. The molecule has 2 aromatic carbocycles. The summed E-state index contributed by atoms with van der Waals surface area (Å²) in [5, 5.41) is 2.98. The minimum Gasteiger partial charge on any atom is -0.457 e. The number of amides is 1. The molecule has 24 heavy (non-hydrogen) atoms. The first-order chi connectivity index (χ1) is 11.7. The number of carbonyl (C=O) groups excluding carboxylic acids is 1. The first kappa shape index (κ1) is 16.5. The van der Waals surface area contributed by atoms with Crippen molar-refractivity contribution in [3.05, 3.63) is 60.2 Å². The van der Waals surface area contributed by atoms with Crippen LogP contribution in [0.25, 0.3) is 0 Å². The molecule has 2 atom stereocenters. The van der Waals surface area contributed by atoms with E-state index in [4.69, 9.17) is 10.5 Å². The summed E-state index contributed by atoms with van der Waals surface area (Å²) in [4.78, 5) is 12.0. The molecule has 0 aromatic heterocycles. The van der Waals surface area contributed by atoms with Gasteiger partial charge in [0.1, 0.15) is 11.5 Å². The van der Waals surface area contributed by atoms with E-state index in [2.05, 4.69) is 5.32 Å². The Bertz CT molecular complexity index is 655. The van der Waals surface area contributed by atoms with Gasteiger partial charge >= 0.3 is 0 Å². The molecule has 3 rings (SSSR count). The number of nitrogens with two attached hydrogens (primary N) is 1. The SMILES string of the molecule is N[C@@H]1CCC[C@H]1CC(=O)NCc1ccc(Oc2ccccc2)cc1. The largest absolute Gasteiger partial charge is 0.457 e. The van der Waals surface area contributed by atoms with Gasteiger partial charge in [-0.25, -0.2) is 0 Å². The molecular weight excluding hydrogens is 300 g/mol. The van der Waals surface area contributed by atoms with Crippen molar-refractivity contribution in [2.75, 3.05) is 0 Å². The van der Waals surface area contributed by atoms with Gasteiger partial charge in [0.25, 0.3) is 0 Å². The molecule has 4 heteroatoms. The highest BCUT2D eigenvalue weighted by atomic mass is 16.5. The van der Waals surface area contributed by atoms with Crippen molar-refractivity contribution in [2.45, 2.75) is 38.3 Å². The molecule has 1 saturated carbocycles. The maximum Gasteiger partial charge on any atom is 0.220 e. The van der Waals surface area contributed by atoms with Crippen LogP contribution in [0.2, 0.25) is 0 Å². The van der Waals surface area contributed by atoms with Gasteiger partial charge in [0.15, 0.2) is 0 Å². The zero-order chi connectivity index (χ0) is 16.8. The summed E-state index contributed by atoms with van der Waals surface area (Å²) >= 11 is 0. The summed E-state index contributed by atoms with van der Waals surface area (Å²) in [6.07, 6.45) is 3.79. The van der Waals surface area contributed by atoms with Gasteiger partial charge in [-0.3, -0.25) is 4.79 Å². The van der Waals surface area contributed by atoms with E-state index >= 15 is 0 Å². The van der Waals surface area contributed by atoms with Gasteiger partial charge in [0.05, 0.1) is 0 Å². The quantitative estimate of drug-likeness (QED) is 0.853. The van der Waals surface area contributed by atoms with Crippen molar-refractivity contribution in [3.63, 3.8) is 0 Å². The molecule has 0 unspecified atom stereocenters. The molecule has 0 aliphatic heterocycles. The number of carbonyl (C=O) groups is 1. The fourth-order valence-electron chi connectivity index (χ4n) is 3.13. The molecule has 4 nitrogen and oxygen atoms in total. The van der Waals surface area contributed by atoms with E-state index in [1.54, 1.807) is 0 Å². The zero-order valence-corrected chi connectivity index (χ0v) is 13.8. The van der Waals surface area contributed by atoms with Crippen LogP contribution in [0.1, 0.15) is 31.2 Å². The van der Waals surface area contributed by atoms with Crippen molar-refractivity contribution in [3.8, 4) is 11.5 Å². The topological polar surface area (TPSA) is 64.4 Å². The summed E-state index contributed by atoms with van der Waals surface area (Å²) in [6.45, 7) is 0.534. The standard InChI is InChI=1S/C20H24N2O2/c21-19-8-4-5-16(19)13-20(23)22-14-15-9-11-18(12-10-15)24-17-6-2-1-3-7-17/h1-3,6-7,9-12,16,19H,4-5,8,13-14,21H2,(H,22,23)/t16-,19+/m0/s1. The number of nitrogens with one attached hydrogen (secondary N) is 1. The molecule has 0 saturated heterocycles. The smallest absolute Gasteiger partial charge is 0.220 e. The predicted octanol–water partition coefficient (Wildman–Crippen LogP) is 3.61. The Balaban J connectivity index is 1.46. The average molecular weight is 324 g/mol. The van der Waals surface area contributed by atoms with Crippen LogP contribution in [-0.2, 0) is 11.3 Å². The fraction of sp³-hybridized carbons (Fsp3) is 0.350. The molecule has 0 heterocycles. The highest BCUT2D eigenvalue weighted by Crippen LogP contribution is 2.26. The first-order valence-electron chi connectivity index (χ1n) is 8.55. The van der Waals surface area contributed by atoms with Crippen molar-refractivity contribution in [2.24, 2.45) is 11.7 Å². The number of para-hydroxylation sites is 1. The van der Waals surface area contributed by atoms with E-state index in [1.807, 2.05) is 54.6 Å². The normalized spacial score (nSPS) is 19.9. The minimum absolute atomic E-state index is 0.0852. The van der Waals surface area contributed by atoms with E-state index in [1.165, 1.54) is 0 Å². The maximum absolute atomic E-state index is 12.0. The van der Waals surface area contributed by atoms with Gasteiger partial charge in [-0.1, -0.05) is 36.8 Å². The first-order valence-corrected chi connectivity index (χ1v) is 8.55. The molecule has 3 N–H and O–H groups in total. The highest BCUT2D eigenvalue weighted by Gasteiger charge is 2.25. The minimum atomic E-state index is 0.0852. The van der Waals surface area contributed by atoms with Crippen molar-refractivity contribution >= 4 is 5.91 Å². The molecule has 1 aliphatic rings. The lowest BCUT2D eigenvalue weighted by atomic mass is 10.00. The van der Waals surface area contributed by atoms with Gasteiger partial charge in [-0.05, 0) is 48.6 Å². The van der Waals surface area contributed by atoms with E-state index in [0.717, 1.165) is 36.3 Å². The number of hydrogen-bond acceptors (Lipinski definition) is 3. The fourth-order valence-corrected chi connectivity index (χ4v) is 3.13. The molecule has 2 aromatic rings. The number of hydrogen-bond donors (Lipinski definition) is 2. The van der Waals surface area contributed by atoms with Crippen LogP contribution in [-0.4, -0.2) is 11.9 Å². The van der Waals surface area contributed by atoms with E-state index < -0.39 is 0 Å². The Morgan fingerprint density at radius 3 is 2.42 bits per heavy atom. The van der Waals surface area contributed by atoms with E-state index in [9.17, 15) is 4.79 Å². The number of rotatable bonds is 6. The second-order valence-electron chi connectivity index (χ2n) is 6.39. The van der Waals surface area contributed by atoms with Crippen molar-refractivity contribution in [1.29, 1.82) is 0 Å². The summed E-state index contributed by atoms with van der Waals surface area (Å²) in [7, 11) is 0. The van der Waals surface area contributed by atoms with Crippen molar-refractivity contribution in [1.82, 2.24) is 5.32 Å². The van der Waals surface area contributed by atoms with Crippen LogP contribution in [0.15, 0.2) is 54.6 Å². The number of benzene rings is 2. The van der Waals surface area contributed by atoms with Crippen LogP contribution in [0.4, 0.5) is 0 Å². The lowest BCUT2D eigenvalue weighted by Crippen LogP contribution is -2.31. The lowest BCUT2D eigenvalue weighted by molar-refractivity contribution is -0.122. The summed E-state index contributed by atoms with van der Waals surface area (Å²) in [5.41, 5.74) is 7.08. The van der Waals surface area contributed by atoms with Crippen molar-refractivity contribution < 1.29 is 9.53 Å². The Labute approximate surface area is 143 Å². The molecule has 1 aliphatic carbocycles. The monoisotopic (exact) mass is 324 g/mol. The lowest BCUT2D eigenvalue weighted by Gasteiger charge is -2.14. The summed E-state index contributed by atoms with van der Waals surface area (Å²) in [5.74, 6) is 2.02. The molecule has 0 spiro atoms. The third kappa shape index (κ3) is 4.59. The second kappa shape index (κ2) is 7.97. The van der Waals surface area contributed by atoms with Gasteiger partial charge in [0.2, 0.25) is 5.91 Å². The Morgan fingerprint density at radius 1 is 1.04 bits per heavy atom. The highest BCUT2D eigenvalue weighted by molar-refractivity contribution is 5.76. The van der Waals surface area contributed by atoms with Gasteiger partial charge in [-0.2, -0.15) is 0 Å². The Morgan fingerprint density at radius 2 is 1.75 bits per heavy atom. The molecule has 0 bridgehead atoms. The summed E-state index contributed by atoms with van der Waals surface area (Å²) in [6, 6.07) is 17.6. The Kier molecular flexibility index (Phi) is 5.49. The van der Waals surface area contributed by atoms with Crippen LogP contribution < -0.4 is 15.8 Å². The predicted molar refractivity (Wildman–Crippen MR) is 94.7 cm³/mol. The van der Waals surface area contributed by atoms with Crippen LogP contribution in [0, 0.1) is 5.92 Å². The Hall–Kier alpha value is -2.33. The van der Waals surface area contributed by atoms with Crippen LogP contribution >= 0.6 is 0 Å². The molecular formula is C20H24N2O2. The molecule has 1 fully saturated rings. The summed E-state index contributed by atoms with van der Waals surface area (Å²) < 4.78 is 5.76. The van der Waals surface area contributed by atoms with Gasteiger partial charge in [0, 0.05) is 19.0 Å². The van der Waals surface area contributed by atoms with Crippen LogP contribution in [0.3, 0.4) is 0 Å². The van der Waals surface area contributed by atoms with Gasteiger partial charge in [-0.15, -0.1) is 0 Å². The molecule has 126 valence electrons. The maximum atomic E-state index is 12.0. The van der Waals surface area contributed by atoms with E-state index in [-0.39, 0.29) is 11.9 Å². The van der Waals surface area contributed by atoms with Crippen LogP contribution in [0.5, 0.6) is 11.5 Å². The third-order valence-electron chi connectivity index (χ3n) is 4.56. The van der Waals surface area contributed by atoms with Gasteiger partial charge < -0.3 is 15.8 Å². The third-order valence-corrected chi connectivity index (χ3v) is 4.56. The second-order valence-corrected chi connectivity index (χ2v) is 6.39. The zero-order valence-electron chi connectivity index (χ0n) is 13.8. The molecule has 1 amide bonds. The number of ether oxygens (including phenoxy) is 1.